The number of hydrogen-bond donors (Lipinski definition) is 2. The molecule has 0 aromatic heterocycles. The maximum atomic E-state index is 12.2. The molecule has 0 radical (unpaired) electrons. The first-order chi connectivity index (χ1) is 9.61. The SMILES string of the molecule is CC(C(=O)NCC1(O)CCCCCC1)N1CCSCC1. The maximum Gasteiger partial charge on any atom is 0.237 e. The molecule has 4 nitrogen and oxygen atoms in total. The maximum absolute atomic E-state index is 12.2. The highest BCUT2D eigenvalue weighted by Gasteiger charge is 2.30. The van der Waals surface area contributed by atoms with Crippen LogP contribution in [0, 0.1) is 0 Å². The number of carbonyl (C=O) groups excluding carboxylic acids is 1. The van der Waals surface area contributed by atoms with Crippen molar-refractivity contribution in [3.05, 3.63) is 0 Å². The Morgan fingerprint density at radius 1 is 1.25 bits per heavy atom. The van der Waals surface area contributed by atoms with Gasteiger partial charge in [-0.2, -0.15) is 11.8 Å². The lowest BCUT2D eigenvalue weighted by molar-refractivity contribution is -0.127. The van der Waals surface area contributed by atoms with Crippen molar-refractivity contribution in [2.75, 3.05) is 31.1 Å². The molecule has 0 aromatic carbocycles. The highest BCUT2D eigenvalue weighted by atomic mass is 32.2. The van der Waals surface area contributed by atoms with Crippen LogP contribution in [0.4, 0.5) is 0 Å². The molecule has 1 saturated carbocycles. The lowest BCUT2D eigenvalue weighted by atomic mass is 9.94. The lowest BCUT2D eigenvalue weighted by Crippen LogP contribution is -2.51. The zero-order valence-electron chi connectivity index (χ0n) is 12.6. The Morgan fingerprint density at radius 2 is 1.85 bits per heavy atom. The van der Waals surface area contributed by atoms with Gasteiger partial charge in [0.25, 0.3) is 0 Å². The van der Waals surface area contributed by atoms with Crippen LogP contribution in [-0.4, -0.2) is 58.7 Å². The van der Waals surface area contributed by atoms with Crippen molar-refractivity contribution in [1.82, 2.24) is 10.2 Å². The first-order valence-electron chi connectivity index (χ1n) is 7.93. The summed E-state index contributed by atoms with van der Waals surface area (Å²) in [5, 5.41) is 13.5. The van der Waals surface area contributed by atoms with E-state index in [2.05, 4.69) is 10.2 Å². The van der Waals surface area contributed by atoms with Crippen LogP contribution < -0.4 is 5.32 Å². The van der Waals surface area contributed by atoms with Crippen molar-refractivity contribution < 1.29 is 9.90 Å². The van der Waals surface area contributed by atoms with Crippen molar-refractivity contribution in [2.45, 2.75) is 57.1 Å². The summed E-state index contributed by atoms with van der Waals surface area (Å²) in [4.78, 5) is 14.5. The average Bonchev–Trinajstić information content (AvgIpc) is 2.70. The van der Waals surface area contributed by atoms with E-state index in [1.165, 1.54) is 12.8 Å². The fraction of sp³-hybridized carbons (Fsp3) is 0.933. The summed E-state index contributed by atoms with van der Waals surface area (Å²) in [7, 11) is 0. The molecule has 1 aliphatic carbocycles. The van der Waals surface area contributed by atoms with Crippen LogP contribution in [0.1, 0.15) is 45.4 Å². The molecule has 2 rings (SSSR count). The smallest absolute Gasteiger partial charge is 0.237 e. The third-order valence-corrected chi connectivity index (χ3v) is 5.54. The molecule has 5 heteroatoms. The quantitative estimate of drug-likeness (QED) is 0.775. The summed E-state index contributed by atoms with van der Waals surface area (Å²) < 4.78 is 0. The Hall–Kier alpha value is -0.260. The standard InChI is InChI=1S/C15H28N2O2S/c1-13(17-8-10-20-11-9-17)14(18)16-12-15(19)6-4-2-3-5-7-15/h13,19H,2-12H2,1H3,(H,16,18). The van der Waals surface area contributed by atoms with Crippen molar-refractivity contribution >= 4 is 17.7 Å². The van der Waals surface area contributed by atoms with Gasteiger partial charge in [0.2, 0.25) is 5.91 Å². The Balaban J connectivity index is 1.78. The van der Waals surface area contributed by atoms with Crippen LogP contribution in [0.25, 0.3) is 0 Å². The summed E-state index contributed by atoms with van der Waals surface area (Å²) in [6.07, 6.45) is 6.21. The van der Waals surface area contributed by atoms with Gasteiger partial charge in [0.15, 0.2) is 0 Å². The zero-order chi connectivity index (χ0) is 14.4. The van der Waals surface area contributed by atoms with Gasteiger partial charge in [-0.1, -0.05) is 25.7 Å². The second-order valence-electron chi connectivity index (χ2n) is 6.18. The van der Waals surface area contributed by atoms with E-state index < -0.39 is 5.60 Å². The fourth-order valence-electron chi connectivity index (χ4n) is 3.09. The monoisotopic (exact) mass is 300 g/mol. The second kappa shape index (κ2) is 7.66. The number of nitrogens with one attached hydrogen (secondary N) is 1. The van der Waals surface area contributed by atoms with E-state index >= 15 is 0 Å². The van der Waals surface area contributed by atoms with Crippen LogP contribution in [0.15, 0.2) is 0 Å². The minimum absolute atomic E-state index is 0.0644. The van der Waals surface area contributed by atoms with Gasteiger partial charge in [-0.05, 0) is 19.8 Å². The molecule has 0 aromatic rings. The Morgan fingerprint density at radius 3 is 2.45 bits per heavy atom. The van der Waals surface area contributed by atoms with E-state index in [0.29, 0.717) is 6.54 Å². The average molecular weight is 300 g/mol. The van der Waals surface area contributed by atoms with E-state index in [1.807, 2.05) is 18.7 Å². The predicted molar refractivity (Wildman–Crippen MR) is 84.0 cm³/mol. The van der Waals surface area contributed by atoms with Crippen LogP contribution in [0.3, 0.4) is 0 Å². The van der Waals surface area contributed by atoms with Crippen molar-refractivity contribution in [3.63, 3.8) is 0 Å². The summed E-state index contributed by atoms with van der Waals surface area (Å²) in [6, 6.07) is -0.0784. The second-order valence-corrected chi connectivity index (χ2v) is 7.41. The third kappa shape index (κ3) is 4.64. The summed E-state index contributed by atoms with van der Waals surface area (Å²) in [6.45, 7) is 4.37. The van der Waals surface area contributed by atoms with E-state index in [-0.39, 0.29) is 11.9 Å². The van der Waals surface area contributed by atoms with Gasteiger partial charge in [0, 0.05) is 31.1 Å². The molecule has 1 aliphatic heterocycles. The minimum atomic E-state index is -0.677. The number of hydrogen-bond acceptors (Lipinski definition) is 4. The van der Waals surface area contributed by atoms with E-state index in [0.717, 1.165) is 50.3 Å². The molecule has 20 heavy (non-hydrogen) atoms. The Bertz CT molecular complexity index is 311. The summed E-state index contributed by atoms with van der Waals surface area (Å²) >= 11 is 1.95. The van der Waals surface area contributed by atoms with E-state index in [9.17, 15) is 9.90 Å². The molecule has 2 aliphatic rings. The van der Waals surface area contributed by atoms with Gasteiger partial charge in [0.05, 0.1) is 11.6 Å². The van der Waals surface area contributed by atoms with Crippen molar-refractivity contribution in [2.24, 2.45) is 0 Å². The molecule has 1 atom stereocenters. The topological polar surface area (TPSA) is 52.6 Å². The van der Waals surface area contributed by atoms with Crippen LogP contribution in [0.5, 0.6) is 0 Å². The van der Waals surface area contributed by atoms with Crippen LogP contribution in [-0.2, 0) is 4.79 Å². The first kappa shape index (κ1) is 16.1. The Labute approximate surface area is 126 Å². The van der Waals surface area contributed by atoms with Gasteiger partial charge in [-0.25, -0.2) is 0 Å². The van der Waals surface area contributed by atoms with Gasteiger partial charge >= 0.3 is 0 Å². The summed E-state index contributed by atoms with van der Waals surface area (Å²) in [5.74, 6) is 2.29. The number of nitrogens with zero attached hydrogens (tertiary/aromatic N) is 1. The molecule has 0 spiro atoms. The molecule has 1 amide bonds. The number of thioether (sulfide) groups is 1. The predicted octanol–water partition coefficient (Wildman–Crippen LogP) is 1.63. The van der Waals surface area contributed by atoms with Gasteiger partial charge in [-0.15, -0.1) is 0 Å². The largest absolute Gasteiger partial charge is 0.388 e. The lowest BCUT2D eigenvalue weighted by Gasteiger charge is -2.32. The number of amides is 1. The Kier molecular flexibility index (Phi) is 6.18. The fourth-order valence-corrected chi connectivity index (χ4v) is 4.02. The third-order valence-electron chi connectivity index (χ3n) is 4.60. The highest BCUT2D eigenvalue weighted by molar-refractivity contribution is 7.99. The first-order valence-corrected chi connectivity index (χ1v) is 9.08. The molecule has 116 valence electrons. The van der Waals surface area contributed by atoms with Crippen LogP contribution in [0.2, 0.25) is 0 Å². The number of aliphatic hydroxyl groups is 1. The highest BCUT2D eigenvalue weighted by Crippen LogP contribution is 2.26. The molecular weight excluding hydrogens is 272 g/mol. The zero-order valence-corrected chi connectivity index (χ0v) is 13.4. The van der Waals surface area contributed by atoms with Gasteiger partial charge in [-0.3, -0.25) is 9.69 Å². The van der Waals surface area contributed by atoms with E-state index in [4.69, 9.17) is 0 Å². The molecule has 2 fully saturated rings. The molecule has 1 saturated heterocycles. The molecule has 2 N–H and O–H groups in total. The van der Waals surface area contributed by atoms with Crippen LogP contribution >= 0.6 is 11.8 Å². The normalized spacial score (nSPS) is 25.7. The molecule has 1 unspecified atom stereocenters. The van der Waals surface area contributed by atoms with Gasteiger partial charge in [0.1, 0.15) is 0 Å². The van der Waals surface area contributed by atoms with Crippen molar-refractivity contribution in [1.29, 1.82) is 0 Å². The molecule has 0 bridgehead atoms. The van der Waals surface area contributed by atoms with E-state index in [1.54, 1.807) is 0 Å². The molecular formula is C15H28N2O2S. The van der Waals surface area contributed by atoms with Crippen molar-refractivity contribution in [3.8, 4) is 0 Å². The minimum Gasteiger partial charge on any atom is -0.388 e. The van der Waals surface area contributed by atoms with Gasteiger partial charge < -0.3 is 10.4 Å². The summed E-state index contributed by atoms with van der Waals surface area (Å²) in [5.41, 5.74) is -0.677. The number of rotatable bonds is 4. The molecule has 1 heterocycles. The number of carbonyl (C=O) groups is 1.